The summed E-state index contributed by atoms with van der Waals surface area (Å²) in [7, 11) is 1.50. The summed E-state index contributed by atoms with van der Waals surface area (Å²) < 4.78 is 23.6. The van der Waals surface area contributed by atoms with E-state index in [1.54, 1.807) is 48.5 Å². The van der Waals surface area contributed by atoms with Gasteiger partial charge < -0.3 is 23.7 Å². The molecule has 1 unspecified atom stereocenters. The second kappa shape index (κ2) is 13.5. The number of amides is 1. The maximum Gasteiger partial charge on any atom is 0.296 e. The fourth-order valence-corrected chi connectivity index (χ4v) is 6.92. The first kappa shape index (κ1) is 30.9. The number of thioether (sulfide) groups is 1. The van der Waals surface area contributed by atoms with Crippen molar-refractivity contribution in [1.82, 2.24) is 10.2 Å². The molecule has 0 fully saturated rings. The summed E-state index contributed by atoms with van der Waals surface area (Å²) in [6, 6.07) is 20.8. The summed E-state index contributed by atoms with van der Waals surface area (Å²) in [6.45, 7) is 6.12. The van der Waals surface area contributed by atoms with Crippen molar-refractivity contribution in [2.24, 2.45) is 0 Å². The Morgan fingerprint density at radius 1 is 1.07 bits per heavy atom. The Bertz CT molecular complexity index is 1950. The van der Waals surface area contributed by atoms with E-state index in [0.717, 1.165) is 5.56 Å². The van der Waals surface area contributed by atoms with E-state index in [1.807, 2.05) is 37.3 Å². The predicted octanol–water partition coefficient (Wildman–Crippen LogP) is 7.33. The highest BCUT2D eigenvalue weighted by Crippen LogP contribution is 2.46. The van der Waals surface area contributed by atoms with E-state index >= 15 is 0 Å². The molecule has 0 aliphatic carbocycles. The van der Waals surface area contributed by atoms with E-state index in [4.69, 9.17) is 18.6 Å². The van der Waals surface area contributed by atoms with Gasteiger partial charge in [-0.25, -0.2) is 0 Å². The van der Waals surface area contributed by atoms with Crippen LogP contribution in [0.2, 0.25) is 0 Å². The standard InChI is InChI=1S/C34H29N3O7S2/c1-4-16-43-23-15-14-21(17-25(23)42-5-2)28-27(29(38)26-18-22-12-9-13-24(41-3)31(22)44-26)30(39)32(40)37(28)33-35-36-34(46-33)45-19-20-10-7-6-8-11-20/h4,6-15,17-18,28,39H,1,5,16,19H2,2-3H3. The molecule has 5 aromatic rings. The molecule has 12 heteroatoms. The van der Waals surface area contributed by atoms with Gasteiger partial charge in [0.1, 0.15) is 6.61 Å². The lowest BCUT2D eigenvalue weighted by molar-refractivity contribution is -0.117. The molecule has 1 atom stereocenters. The number of furan rings is 1. The number of fused-ring (bicyclic) bond motifs is 1. The molecular formula is C34H29N3O7S2. The lowest BCUT2D eigenvalue weighted by Crippen LogP contribution is -2.31. The van der Waals surface area contributed by atoms with Crippen LogP contribution in [0.3, 0.4) is 0 Å². The van der Waals surface area contributed by atoms with Gasteiger partial charge in [-0.3, -0.25) is 14.5 Å². The number of hydrogen-bond donors (Lipinski definition) is 1. The van der Waals surface area contributed by atoms with Crippen LogP contribution >= 0.6 is 23.1 Å². The maximum atomic E-state index is 14.2. The molecule has 234 valence electrons. The number of Topliss-reactive ketones (excluding diaryl/α,β-unsaturated/α-hetero) is 1. The summed E-state index contributed by atoms with van der Waals surface area (Å²) >= 11 is 2.66. The molecule has 6 rings (SSSR count). The van der Waals surface area contributed by atoms with Crippen molar-refractivity contribution in [3.8, 4) is 17.2 Å². The molecule has 0 saturated carbocycles. The van der Waals surface area contributed by atoms with E-state index < -0.39 is 23.5 Å². The Morgan fingerprint density at radius 2 is 1.89 bits per heavy atom. The zero-order valence-electron chi connectivity index (χ0n) is 25.0. The zero-order valence-corrected chi connectivity index (χ0v) is 26.6. The largest absolute Gasteiger partial charge is 0.503 e. The van der Waals surface area contributed by atoms with Crippen LogP contribution in [-0.2, 0) is 10.5 Å². The van der Waals surface area contributed by atoms with Crippen molar-refractivity contribution in [3.63, 3.8) is 0 Å². The third kappa shape index (κ3) is 5.96. The summed E-state index contributed by atoms with van der Waals surface area (Å²) in [4.78, 5) is 29.3. The van der Waals surface area contributed by atoms with Crippen LogP contribution in [-0.4, -0.2) is 47.3 Å². The van der Waals surface area contributed by atoms with Gasteiger partial charge in [0, 0.05) is 11.1 Å². The second-order valence-electron chi connectivity index (χ2n) is 10.0. The van der Waals surface area contributed by atoms with Gasteiger partial charge in [-0.05, 0) is 42.3 Å². The van der Waals surface area contributed by atoms with Crippen molar-refractivity contribution < 1.29 is 33.3 Å². The van der Waals surface area contributed by atoms with Crippen LogP contribution < -0.4 is 19.1 Å². The number of nitrogens with zero attached hydrogens (tertiary/aromatic N) is 3. The van der Waals surface area contributed by atoms with E-state index in [0.29, 0.717) is 50.5 Å². The normalized spacial score (nSPS) is 14.6. The SMILES string of the molecule is C=CCOc1ccc(C2C(C(=O)c3cc4cccc(OC)c4o3)=C(O)C(=O)N2c2nnc(SCc3ccccc3)s2)cc1OCC. The molecule has 10 nitrogen and oxygen atoms in total. The molecule has 0 saturated heterocycles. The molecule has 3 aromatic carbocycles. The first-order valence-corrected chi connectivity index (χ1v) is 16.1. The Labute approximate surface area is 272 Å². The molecule has 1 N–H and O–H groups in total. The van der Waals surface area contributed by atoms with Crippen molar-refractivity contribution >= 4 is 50.9 Å². The Morgan fingerprint density at radius 3 is 2.65 bits per heavy atom. The molecular weight excluding hydrogens is 627 g/mol. The van der Waals surface area contributed by atoms with Gasteiger partial charge in [0.15, 0.2) is 38.7 Å². The second-order valence-corrected chi connectivity index (χ2v) is 12.2. The fourth-order valence-electron chi connectivity index (χ4n) is 5.10. The highest BCUT2D eigenvalue weighted by Gasteiger charge is 2.47. The Hall–Kier alpha value is -5.07. The van der Waals surface area contributed by atoms with Crippen LogP contribution in [0, 0.1) is 0 Å². The first-order chi connectivity index (χ1) is 22.4. The molecule has 0 spiro atoms. The fraction of sp³-hybridized carbons (Fsp3) is 0.176. The number of rotatable bonds is 13. The number of ether oxygens (including phenoxy) is 3. The molecule has 0 bridgehead atoms. The number of carbonyl (C=O) groups is 2. The molecule has 3 heterocycles. The number of carbonyl (C=O) groups excluding carboxylic acids is 2. The average Bonchev–Trinajstić information content (AvgIpc) is 3.80. The van der Waals surface area contributed by atoms with Gasteiger partial charge >= 0.3 is 0 Å². The van der Waals surface area contributed by atoms with Crippen LogP contribution in [0.5, 0.6) is 17.2 Å². The molecule has 1 aliphatic rings. The minimum Gasteiger partial charge on any atom is -0.503 e. The van der Waals surface area contributed by atoms with E-state index in [9.17, 15) is 14.7 Å². The number of para-hydroxylation sites is 1. The van der Waals surface area contributed by atoms with Gasteiger partial charge in [-0.15, -0.1) is 10.2 Å². The summed E-state index contributed by atoms with van der Waals surface area (Å²) in [5.41, 5.74) is 1.80. The van der Waals surface area contributed by atoms with Crippen LogP contribution in [0.15, 0.2) is 106 Å². The molecule has 1 amide bonds. The Kier molecular flexibility index (Phi) is 9.08. The number of ketones is 1. The lowest BCUT2D eigenvalue weighted by Gasteiger charge is -2.24. The molecule has 1 aliphatic heterocycles. The van der Waals surface area contributed by atoms with Crippen molar-refractivity contribution in [2.45, 2.75) is 23.1 Å². The van der Waals surface area contributed by atoms with Gasteiger partial charge in [-0.1, -0.05) is 84.3 Å². The number of aliphatic hydroxyl groups excluding tert-OH is 1. The minimum absolute atomic E-state index is 0.0620. The third-order valence-electron chi connectivity index (χ3n) is 7.15. The molecule has 0 radical (unpaired) electrons. The topological polar surface area (TPSA) is 124 Å². The van der Waals surface area contributed by atoms with Gasteiger partial charge in [0.2, 0.25) is 10.9 Å². The van der Waals surface area contributed by atoms with E-state index in [1.165, 1.54) is 35.1 Å². The average molecular weight is 656 g/mol. The van der Waals surface area contributed by atoms with Gasteiger partial charge in [-0.2, -0.15) is 0 Å². The highest BCUT2D eigenvalue weighted by atomic mass is 32.2. The zero-order chi connectivity index (χ0) is 32.2. The third-order valence-corrected chi connectivity index (χ3v) is 9.28. The number of anilines is 1. The maximum absolute atomic E-state index is 14.2. The minimum atomic E-state index is -1.08. The lowest BCUT2D eigenvalue weighted by atomic mass is 9.95. The van der Waals surface area contributed by atoms with Crippen molar-refractivity contribution in [2.75, 3.05) is 25.2 Å². The summed E-state index contributed by atoms with van der Waals surface area (Å²) in [5.74, 6) is -0.262. The number of benzene rings is 3. The number of aromatic nitrogens is 2. The Balaban J connectivity index is 1.42. The number of aliphatic hydroxyl groups is 1. The quantitative estimate of drug-likeness (QED) is 0.0597. The van der Waals surface area contributed by atoms with Gasteiger partial charge in [0.25, 0.3) is 5.91 Å². The molecule has 46 heavy (non-hydrogen) atoms. The van der Waals surface area contributed by atoms with Crippen molar-refractivity contribution in [3.05, 3.63) is 114 Å². The summed E-state index contributed by atoms with van der Waals surface area (Å²) in [5, 5.41) is 20.8. The van der Waals surface area contributed by atoms with E-state index in [-0.39, 0.29) is 23.1 Å². The predicted molar refractivity (Wildman–Crippen MR) is 176 cm³/mol. The smallest absolute Gasteiger partial charge is 0.296 e. The summed E-state index contributed by atoms with van der Waals surface area (Å²) in [6.07, 6.45) is 1.61. The van der Waals surface area contributed by atoms with Crippen LogP contribution in [0.25, 0.3) is 11.0 Å². The first-order valence-electron chi connectivity index (χ1n) is 14.3. The number of methoxy groups -OCH3 is 1. The highest BCUT2D eigenvalue weighted by molar-refractivity contribution is 8.00. The molecule has 2 aromatic heterocycles. The van der Waals surface area contributed by atoms with Crippen molar-refractivity contribution in [1.29, 1.82) is 0 Å². The van der Waals surface area contributed by atoms with Crippen LogP contribution in [0.4, 0.5) is 5.13 Å². The van der Waals surface area contributed by atoms with Crippen LogP contribution in [0.1, 0.15) is 34.6 Å². The number of hydrogen-bond acceptors (Lipinski definition) is 11. The monoisotopic (exact) mass is 655 g/mol. The van der Waals surface area contributed by atoms with Gasteiger partial charge in [0.05, 0.1) is 25.3 Å². The van der Waals surface area contributed by atoms with E-state index in [2.05, 4.69) is 16.8 Å².